The van der Waals surface area contributed by atoms with E-state index in [-0.39, 0.29) is 5.54 Å². The zero-order valence-corrected chi connectivity index (χ0v) is 9.71. The van der Waals surface area contributed by atoms with Gasteiger partial charge in [0, 0.05) is 17.5 Å². The predicted octanol–water partition coefficient (Wildman–Crippen LogP) is 2.35. The van der Waals surface area contributed by atoms with E-state index >= 15 is 0 Å². The Bertz CT molecular complexity index is 307. The molecule has 0 saturated carbocycles. The third-order valence-corrected chi connectivity index (χ3v) is 3.69. The lowest BCUT2D eigenvalue weighted by atomic mass is 10.0. The highest BCUT2D eigenvalue weighted by atomic mass is 35.5. The minimum Gasteiger partial charge on any atom is -0.360 e. The fourth-order valence-corrected chi connectivity index (χ4v) is 2.55. The van der Waals surface area contributed by atoms with Crippen LogP contribution in [-0.4, -0.2) is 23.6 Å². The van der Waals surface area contributed by atoms with Crippen LogP contribution in [0.5, 0.6) is 0 Å². The molecule has 14 heavy (non-hydrogen) atoms. The van der Waals surface area contributed by atoms with E-state index in [4.69, 9.17) is 11.6 Å². The lowest BCUT2D eigenvalue weighted by molar-refractivity contribution is 0.439. The Morgan fingerprint density at radius 1 is 1.79 bits per heavy atom. The summed E-state index contributed by atoms with van der Waals surface area (Å²) in [7, 11) is 0. The number of thiazole rings is 1. The van der Waals surface area contributed by atoms with Gasteiger partial charge in [0.25, 0.3) is 0 Å². The molecule has 0 spiro atoms. The summed E-state index contributed by atoms with van der Waals surface area (Å²) >= 11 is 7.28. The van der Waals surface area contributed by atoms with Crippen molar-refractivity contribution in [2.75, 3.05) is 18.4 Å². The van der Waals surface area contributed by atoms with E-state index in [2.05, 4.69) is 22.5 Å². The quantitative estimate of drug-likeness (QED) is 0.839. The van der Waals surface area contributed by atoms with Crippen molar-refractivity contribution < 1.29 is 0 Å². The second-order valence-corrected chi connectivity index (χ2v) is 5.17. The molecule has 1 saturated heterocycles. The molecule has 1 aromatic rings. The van der Waals surface area contributed by atoms with E-state index < -0.39 is 0 Å². The van der Waals surface area contributed by atoms with Crippen LogP contribution in [0.2, 0.25) is 5.15 Å². The molecule has 2 rings (SSSR count). The fourth-order valence-electron chi connectivity index (χ4n) is 1.71. The van der Waals surface area contributed by atoms with Crippen LogP contribution >= 0.6 is 22.9 Å². The van der Waals surface area contributed by atoms with Crippen molar-refractivity contribution in [1.29, 1.82) is 0 Å². The van der Waals surface area contributed by atoms with Crippen LogP contribution in [0, 0.1) is 0 Å². The third kappa shape index (κ3) is 2.38. The van der Waals surface area contributed by atoms with Crippen molar-refractivity contribution in [3.8, 4) is 0 Å². The average Bonchev–Trinajstić information content (AvgIpc) is 2.73. The number of halogens is 1. The van der Waals surface area contributed by atoms with Crippen molar-refractivity contribution in [3.05, 3.63) is 10.5 Å². The van der Waals surface area contributed by atoms with E-state index in [1.54, 1.807) is 11.3 Å². The molecule has 0 radical (unpaired) electrons. The predicted molar refractivity (Wildman–Crippen MR) is 61.3 cm³/mol. The fraction of sp³-hybridized carbons (Fsp3) is 0.667. The van der Waals surface area contributed by atoms with Gasteiger partial charge in [-0.15, -0.1) is 11.3 Å². The molecule has 1 aliphatic heterocycles. The maximum Gasteiger partial charge on any atom is 0.184 e. The van der Waals surface area contributed by atoms with Crippen molar-refractivity contribution in [2.24, 2.45) is 0 Å². The van der Waals surface area contributed by atoms with Gasteiger partial charge >= 0.3 is 0 Å². The van der Waals surface area contributed by atoms with Gasteiger partial charge in [-0.05, 0) is 26.3 Å². The van der Waals surface area contributed by atoms with E-state index in [1.807, 2.05) is 5.38 Å². The molecule has 3 nitrogen and oxygen atoms in total. The third-order valence-electron chi connectivity index (χ3n) is 2.56. The molecule has 0 aromatic carbocycles. The Balaban J connectivity index is 1.87. The Morgan fingerprint density at radius 2 is 2.64 bits per heavy atom. The minimum absolute atomic E-state index is 0.220. The summed E-state index contributed by atoms with van der Waals surface area (Å²) in [5.41, 5.74) is 0.220. The van der Waals surface area contributed by atoms with Crippen LogP contribution in [0.15, 0.2) is 5.38 Å². The van der Waals surface area contributed by atoms with Crippen LogP contribution in [0.25, 0.3) is 0 Å². The summed E-state index contributed by atoms with van der Waals surface area (Å²) in [6, 6.07) is 0. The summed E-state index contributed by atoms with van der Waals surface area (Å²) < 4.78 is 0. The van der Waals surface area contributed by atoms with Crippen molar-refractivity contribution >= 4 is 28.1 Å². The SMILES string of the molecule is CC1(CNc2nc(Cl)cs2)CCCN1. The van der Waals surface area contributed by atoms with Gasteiger partial charge in [0.15, 0.2) is 5.13 Å². The summed E-state index contributed by atoms with van der Waals surface area (Å²) in [6.07, 6.45) is 2.48. The molecule has 5 heteroatoms. The second kappa shape index (κ2) is 4.04. The molecule has 1 aromatic heterocycles. The first-order valence-electron chi connectivity index (χ1n) is 4.78. The first-order valence-corrected chi connectivity index (χ1v) is 6.04. The average molecular weight is 232 g/mol. The molecule has 0 bridgehead atoms. The molecule has 0 amide bonds. The number of hydrogen-bond acceptors (Lipinski definition) is 4. The Hall–Kier alpha value is -0.320. The van der Waals surface area contributed by atoms with Gasteiger partial charge < -0.3 is 10.6 Å². The Labute approximate surface area is 92.9 Å². The summed E-state index contributed by atoms with van der Waals surface area (Å²) in [6.45, 7) is 4.27. The summed E-state index contributed by atoms with van der Waals surface area (Å²) in [5.74, 6) is 0. The molecule has 0 aliphatic carbocycles. The normalized spacial score (nSPS) is 26.7. The van der Waals surface area contributed by atoms with Gasteiger partial charge in [-0.1, -0.05) is 11.6 Å². The largest absolute Gasteiger partial charge is 0.360 e. The lowest BCUT2D eigenvalue weighted by Crippen LogP contribution is -2.42. The lowest BCUT2D eigenvalue weighted by Gasteiger charge is -2.24. The van der Waals surface area contributed by atoms with Crippen LogP contribution in [-0.2, 0) is 0 Å². The molecular weight excluding hydrogens is 218 g/mol. The van der Waals surface area contributed by atoms with E-state index in [9.17, 15) is 0 Å². The Morgan fingerprint density at radius 3 is 3.21 bits per heavy atom. The molecule has 1 atom stereocenters. The van der Waals surface area contributed by atoms with Crippen LogP contribution < -0.4 is 10.6 Å². The molecule has 2 N–H and O–H groups in total. The van der Waals surface area contributed by atoms with Gasteiger partial charge in [0.1, 0.15) is 5.15 Å². The second-order valence-electron chi connectivity index (χ2n) is 3.92. The highest BCUT2D eigenvalue weighted by Gasteiger charge is 2.27. The first-order chi connectivity index (χ1) is 6.68. The number of hydrogen-bond donors (Lipinski definition) is 2. The highest BCUT2D eigenvalue weighted by molar-refractivity contribution is 7.14. The Kier molecular flexibility index (Phi) is 2.95. The van der Waals surface area contributed by atoms with Gasteiger partial charge in [0.2, 0.25) is 0 Å². The smallest absolute Gasteiger partial charge is 0.184 e. The summed E-state index contributed by atoms with van der Waals surface area (Å²) in [5, 5.41) is 10.1. The number of nitrogens with one attached hydrogen (secondary N) is 2. The van der Waals surface area contributed by atoms with Gasteiger partial charge in [-0.3, -0.25) is 0 Å². The number of rotatable bonds is 3. The molecule has 2 heterocycles. The van der Waals surface area contributed by atoms with Gasteiger partial charge in [-0.25, -0.2) is 4.98 Å². The van der Waals surface area contributed by atoms with Crippen molar-refractivity contribution in [2.45, 2.75) is 25.3 Å². The molecule has 1 unspecified atom stereocenters. The maximum atomic E-state index is 5.73. The topological polar surface area (TPSA) is 37.0 Å². The van der Waals surface area contributed by atoms with Crippen LogP contribution in [0.1, 0.15) is 19.8 Å². The molecule has 1 fully saturated rings. The highest BCUT2D eigenvalue weighted by Crippen LogP contribution is 2.22. The standard InChI is InChI=1S/C9H14ClN3S/c1-9(3-2-4-12-9)6-11-8-13-7(10)5-14-8/h5,12H,2-4,6H2,1H3,(H,11,13). The molecular formula is C9H14ClN3S. The van der Waals surface area contributed by atoms with Crippen LogP contribution in [0.4, 0.5) is 5.13 Å². The summed E-state index contributed by atoms with van der Waals surface area (Å²) in [4.78, 5) is 4.15. The van der Waals surface area contributed by atoms with Crippen LogP contribution in [0.3, 0.4) is 0 Å². The number of aromatic nitrogens is 1. The van der Waals surface area contributed by atoms with Gasteiger partial charge in [0.05, 0.1) is 0 Å². The van der Waals surface area contributed by atoms with E-state index in [0.717, 1.165) is 18.2 Å². The molecule has 78 valence electrons. The van der Waals surface area contributed by atoms with Gasteiger partial charge in [-0.2, -0.15) is 0 Å². The number of anilines is 1. The van der Waals surface area contributed by atoms with E-state index in [0.29, 0.717) is 5.15 Å². The minimum atomic E-state index is 0.220. The van der Waals surface area contributed by atoms with Crippen molar-refractivity contribution in [1.82, 2.24) is 10.3 Å². The van der Waals surface area contributed by atoms with E-state index in [1.165, 1.54) is 12.8 Å². The first kappa shape index (κ1) is 10.2. The molecule has 1 aliphatic rings. The maximum absolute atomic E-state index is 5.73. The zero-order chi connectivity index (χ0) is 10.0. The monoisotopic (exact) mass is 231 g/mol. The van der Waals surface area contributed by atoms with Crippen molar-refractivity contribution in [3.63, 3.8) is 0 Å². The number of nitrogens with zero attached hydrogens (tertiary/aromatic N) is 1. The zero-order valence-electron chi connectivity index (χ0n) is 8.14.